The summed E-state index contributed by atoms with van der Waals surface area (Å²) in [5.41, 5.74) is -0.427. The van der Waals surface area contributed by atoms with Gasteiger partial charge in [-0.15, -0.1) is 0 Å². The summed E-state index contributed by atoms with van der Waals surface area (Å²) in [5.74, 6) is 1.39. The number of nitrogens with zero attached hydrogens (tertiary/aromatic N) is 2. The molecule has 0 saturated carbocycles. The van der Waals surface area contributed by atoms with Crippen LogP contribution in [0.4, 0.5) is 5.82 Å². The Morgan fingerprint density at radius 2 is 1.86 bits per heavy atom. The van der Waals surface area contributed by atoms with Gasteiger partial charge in [-0.05, 0) is 60.6 Å². The largest absolute Gasteiger partial charge is 0.459 e. The lowest BCUT2D eigenvalue weighted by atomic mass is 10.2. The van der Waals surface area contributed by atoms with Crippen molar-refractivity contribution in [3.63, 3.8) is 0 Å². The number of esters is 1. The molecule has 0 spiro atoms. The first kappa shape index (κ1) is 18.9. The molecule has 4 nitrogen and oxygen atoms in total. The number of hydrogen-bond acceptors (Lipinski definition) is 4. The highest BCUT2D eigenvalue weighted by Crippen LogP contribution is 2.31. The Bertz CT molecular complexity index is 485. The van der Waals surface area contributed by atoms with Crippen molar-refractivity contribution in [2.75, 3.05) is 23.7 Å². The second kappa shape index (κ2) is 7.95. The summed E-state index contributed by atoms with van der Waals surface area (Å²) in [6.45, 7) is 16.3. The molecule has 0 N–H and O–H groups in total. The smallest absolute Gasteiger partial charge is 0.316 e. The van der Waals surface area contributed by atoms with E-state index >= 15 is 0 Å². The van der Waals surface area contributed by atoms with Gasteiger partial charge in [0.1, 0.15) is 11.4 Å². The molecule has 0 amide bonds. The molecule has 0 bridgehead atoms. The SMILES string of the molecule is CCN(CC)c1ccc(SCC(=O)OC(C)(C)C)n1C(C)C. The molecule has 0 saturated heterocycles. The van der Waals surface area contributed by atoms with Crippen molar-refractivity contribution in [2.45, 2.75) is 65.1 Å². The van der Waals surface area contributed by atoms with E-state index in [4.69, 9.17) is 4.74 Å². The Morgan fingerprint density at radius 3 is 2.32 bits per heavy atom. The molecule has 1 aromatic rings. The fourth-order valence-corrected chi connectivity index (χ4v) is 3.30. The van der Waals surface area contributed by atoms with Gasteiger partial charge >= 0.3 is 5.97 Å². The highest BCUT2D eigenvalue weighted by Gasteiger charge is 2.19. The summed E-state index contributed by atoms with van der Waals surface area (Å²) in [7, 11) is 0. The van der Waals surface area contributed by atoms with Crippen LogP contribution in [0.1, 0.15) is 54.5 Å². The zero-order valence-corrected chi connectivity index (χ0v) is 15.8. The summed E-state index contributed by atoms with van der Waals surface area (Å²) in [6, 6.07) is 4.60. The number of hydrogen-bond donors (Lipinski definition) is 0. The molecule has 1 aromatic heterocycles. The Hall–Kier alpha value is -1.10. The van der Waals surface area contributed by atoms with Crippen molar-refractivity contribution in [1.29, 1.82) is 0 Å². The summed E-state index contributed by atoms with van der Waals surface area (Å²) in [4.78, 5) is 14.2. The van der Waals surface area contributed by atoms with Crippen LogP contribution >= 0.6 is 11.8 Å². The van der Waals surface area contributed by atoms with Gasteiger partial charge in [0.05, 0.1) is 10.8 Å². The molecule has 0 aliphatic rings. The molecule has 22 heavy (non-hydrogen) atoms. The molecule has 126 valence electrons. The lowest BCUT2D eigenvalue weighted by Crippen LogP contribution is -2.26. The van der Waals surface area contributed by atoms with E-state index in [0.29, 0.717) is 11.8 Å². The number of rotatable bonds is 7. The average molecular weight is 327 g/mol. The lowest BCUT2D eigenvalue weighted by molar-refractivity contribution is -0.151. The van der Waals surface area contributed by atoms with Crippen LogP contribution < -0.4 is 4.90 Å². The average Bonchev–Trinajstić information content (AvgIpc) is 2.80. The van der Waals surface area contributed by atoms with Crippen molar-refractivity contribution < 1.29 is 9.53 Å². The highest BCUT2D eigenvalue weighted by atomic mass is 32.2. The second-order valence-corrected chi connectivity index (χ2v) is 7.54. The van der Waals surface area contributed by atoms with Gasteiger partial charge in [0.15, 0.2) is 0 Å². The van der Waals surface area contributed by atoms with E-state index in [0.717, 1.165) is 18.1 Å². The van der Waals surface area contributed by atoms with Crippen molar-refractivity contribution in [3.05, 3.63) is 12.1 Å². The minimum atomic E-state index is -0.427. The molecule has 1 heterocycles. The van der Waals surface area contributed by atoms with Crippen molar-refractivity contribution in [3.8, 4) is 0 Å². The quantitative estimate of drug-likeness (QED) is 0.551. The number of aromatic nitrogens is 1. The van der Waals surface area contributed by atoms with Crippen molar-refractivity contribution in [1.82, 2.24) is 4.57 Å². The van der Waals surface area contributed by atoms with Crippen LogP contribution in [0.5, 0.6) is 0 Å². The predicted molar refractivity (Wildman–Crippen MR) is 94.9 cm³/mol. The van der Waals surface area contributed by atoms with E-state index in [9.17, 15) is 4.79 Å². The van der Waals surface area contributed by atoms with Crippen molar-refractivity contribution >= 4 is 23.5 Å². The van der Waals surface area contributed by atoms with Gasteiger partial charge in [-0.3, -0.25) is 4.79 Å². The first-order valence-electron chi connectivity index (χ1n) is 8.00. The number of ether oxygens (including phenoxy) is 1. The van der Waals surface area contributed by atoms with Crippen molar-refractivity contribution in [2.24, 2.45) is 0 Å². The maximum atomic E-state index is 11.9. The first-order chi connectivity index (χ1) is 10.2. The number of thioether (sulfide) groups is 1. The number of carbonyl (C=O) groups is 1. The molecule has 0 aliphatic heterocycles. The summed E-state index contributed by atoms with van der Waals surface area (Å²) in [6.07, 6.45) is 0. The highest BCUT2D eigenvalue weighted by molar-refractivity contribution is 7.99. The fraction of sp³-hybridized carbons (Fsp3) is 0.706. The van der Waals surface area contributed by atoms with Gasteiger partial charge in [0.25, 0.3) is 0 Å². The Morgan fingerprint density at radius 1 is 1.27 bits per heavy atom. The third-order valence-electron chi connectivity index (χ3n) is 3.22. The lowest BCUT2D eigenvalue weighted by Gasteiger charge is -2.26. The van der Waals surface area contributed by atoms with E-state index in [1.165, 1.54) is 5.82 Å². The van der Waals surface area contributed by atoms with E-state index in [1.807, 2.05) is 20.8 Å². The van der Waals surface area contributed by atoms with E-state index < -0.39 is 5.60 Å². The third kappa shape index (κ3) is 5.27. The predicted octanol–water partition coefficient (Wildman–Crippen LogP) is 4.35. The maximum Gasteiger partial charge on any atom is 0.316 e. The Labute approximate surface area is 139 Å². The van der Waals surface area contributed by atoms with Crippen LogP contribution in [0.25, 0.3) is 0 Å². The summed E-state index contributed by atoms with van der Waals surface area (Å²) >= 11 is 1.55. The monoisotopic (exact) mass is 326 g/mol. The second-order valence-electron chi connectivity index (χ2n) is 6.54. The minimum Gasteiger partial charge on any atom is -0.459 e. The maximum absolute atomic E-state index is 11.9. The Balaban J connectivity index is 2.85. The Kier molecular flexibility index (Phi) is 6.85. The van der Waals surface area contributed by atoms with Gasteiger partial charge in [0, 0.05) is 19.1 Å². The molecule has 1 rings (SSSR count). The minimum absolute atomic E-state index is 0.168. The zero-order valence-electron chi connectivity index (χ0n) is 15.0. The van der Waals surface area contributed by atoms with Crippen LogP contribution in [-0.4, -0.2) is 35.0 Å². The number of carbonyl (C=O) groups excluding carboxylic acids is 1. The molecule has 0 aromatic carbocycles. The number of anilines is 1. The molecular formula is C17H30N2O2S. The molecule has 0 radical (unpaired) electrons. The normalized spacial score (nSPS) is 11.8. The summed E-state index contributed by atoms with van der Waals surface area (Å²) < 4.78 is 7.67. The topological polar surface area (TPSA) is 34.5 Å². The molecule has 5 heteroatoms. The molecule has 0 unspecified atom stereocenters. The van der Waals surface area contributed by atoms with Gasteiger partial charge in [-0.1, -0.05) is 11.8 Å². The van der Waals surface area contributed by atoms with Crippen LogP contribution in [-0.2, 0) is 9.53 Å². The molecule has 0 aliphatic carbocycles. The standard InChI is InChI=1S/C17H30N2O2S/c1-8-18(9-2)14-10-11-15(19(14)13(3)4)22-12-16(20)21-17(5,6)7/h10-11,13H,8-9,12H2,1-7H3. The fourth-order valence-electron chi connectivity index (χ4n) is 2.37. The van der Waals surface area contributed by atoms with Crippen LogP contribution in [0.15, 0.2) is 17.2 Å². The van der Waals surface area contributed by atoms with Crippen LogP contribution in [0, 0.1) is 0 Å². The zero-order chi connectivity index (χ0) is 16.9. The van der Waals surface area contributed by atoms with Gasteiger partial charge in [0.2, 0.25) is 0 Å². The first-order valence-corrected chi connectivity index (χ1v) is 8.99. The van der Waals surface area contributed by atoms with E-state index in [2.05, 4.69) is 49.3 Å². The molecule has 0 fully saturated rings. The van der Waals surface area contributed by atoms with E-state index in [-0.39, 0.29) is 5.97 Å². The van der Waals surface area contributed by atoms with Gasteiger partial charge in [-0.2, -0.15) is 0 Å². The van der Waals surface area contributed by atoms with Crippen LogP contribution in [0.2, 0.25) is 0 Å². The van der Waals surface area contributed by atoms with Gasteiger partial charge < -0.3 is 14.2 Å². The van der Waals surface area contributed by atoms with E-state index in [1.54, 1.807) is 11.8 Å². The third-order valence-corrected chi connectivity index (χ3v) is 4.23. The molecule has 0 atom stereocenters. The summed E-state index contributed by atoms with van der Waals surface area (Å²) in [5, 5.41) is 1.11. The van der Waals surface area contributed by atoms with Crippen LogP contribution in [0.3, 0.4) is 0 Å². The van der Waals surface area contributed by atoms with Gasteiger partial charge in [-0.25, -0.2) is 0 Å². The molecular weight excluding hydrogens is 296 g/mol.